The molecule has 0 spiro atoms. The van der Waals surface area contributed by atoms with Crippen molar-refractivity contribution < 1.29 is 14.5 Å². The number of nitro groups is 1. The Morgan fingerprint density at radius 2 is 2.33 bits per heavy atom. The number of halogens is 2. The van der Waals surface area contributed by atoms with Crippen LogP contribution in [0, 0.1) is 10.1 Å². The van der Waals surface area contributed by atoms with Crippen molar-refractivity contribution >= 4 is 39.2 Å². The fourth-order valence-corrected chi connectivity index (χ4v) is 1.50. The van der Waals surface area contributed by atoms with Gasteiger partial charge >= 0.3 is 11.7 Å². The number of pyridine rings is 1. The third-order valence-electron chi connectivity index (χ3n) is 1.49. The van der Waals surface area contributed by atoms with Crippen LogP contribution in [0.4, 0.5) is 5.69 Å². The molecule has 80 valence electrons. The molecule has 0 atom stereocenters. The van der Waals surface area contributed by atoms with Gasteiger partial charge in [-0.05, 0) is 15.9 Å². The van der Waals surface area contributed by atoms with Crippen molar-refractivity contribution in [1.82, 2.24) is 4.98 Å². The van der Waals surface area contributed by atoms with Gasteiger partial charge in [-0.3, -0.25) is 10.1 Å². The van der Waals surface area contributed by atoms with E-state index in [0.29, 0.717) is 0 Å². The SMILES string of the molecule is COC(=O)c1nc(Cl)c([N+](=O)[O-])cc1Br. The lowest BCUT2D eigenvalue weighted by Gasteiger charge is -2.02. The highest BCUT2D eigenvalue weighted by molar-refractivity contribution is 9.10. The topological polar surface area (TPSA) is 82.3 Å². The second kappa shape index (κ2) is 4.54. The van der Waals surface area contributed by atoms with E-state index in [2.05, 4.69) is 25.7 Å². The number of carbonyl (C=O) groups excluding carboxylic acids is 1. The number of aromatic nitrogens is 1. The molecule has 1 rings (SSSR count). The van der Waals surface area contributed by atoms with Gasteiger partial charge in [-0.15, -0.1) is 0 Å². The summed E-state index contributed by atoms with van der Waals surface area (Å²) in [4.78, 5) is 24.5. The molecule has 0 aliphatic carbocycles. The molecule has 0 aliphatic heterocycles. The third-order valence-corrected chi connectivity index (χ3v) is 2.37. The average molecular weight is 295 g/mol. The summed E-state index contributed by atoms with van der Waals surface area (Å²) in [5.41, 5.74) is -0.482. The van der Waals surface area contributed by atoms with Crippen LogP contribution in [0.2, 0.25) is 5.15 Å². The smallest absolute Gasteiger partial charge is 0.357 e. The minimum Gasteiger partial charge on any atom is -0.464 e. The Balaban J connectivity index is 3.31. The molecule has 6 nitrogen and oxygen atoms in total. The molecule has 0 amide bonds. The van der Waals surface area contributed by atoms with Gasteiger partial charge in [-0.25, -0.2) is 9.78 Å². The summed E-state index contributed by atoms with van der Waals surface area (Å²) in [6, 6.07) is 1.10. The van der Waals surface area contributed by atoms with Crippen LogP contribution >= 0.6 is 27.5 Å². The van der Waals surface area contributed by atoms with E-state index in [1.165, 1.54) is 7.11 Å². The second-order valence-electron chi connectivity index (χ2n) is 2.38. The van der Waals surface area contributed by atoms with Crippen molar-refractivity contribution in [3.63, 3.8) is 0 Å². The molecule has 0 aromatic carbocycles. The van der Waals surface area contributed by atoms with Crippen LogP contribution in [0.25, 0.3) is 0 Å². The Hall–Kier alpha value is -1.21. The number of nitrogens with zero attached hydrogens (tertiary/aromatic N) is 2. The molecule has 1 aromatic rings. The van der Waals surface area contributed by atoms with E-state index in [1.54, 1.807) is 0 Å². The lowest BCUT2D eigenvalue weighted by molar-refractivity contribution is -0.385. The van der Waals surface area contributed by atoms with Crippen LogP contribution in [0.15, 0.2) is 10.5 Å². The molecule has 8 heteroatoms. The average Bonchev–Trinajstić information content (AvgIpc) is 2.19. The summed E-state index contributed by atoms with van der Waals surface area (Å²) in [6.45, 7) is 0. The van der Waals surface area contributed by atoms with Crippen molar-refractivity contribution in [3.05, 3.63) is 31.5 Å². The first-order valence-electron chi connectivity index (χ1n) is 3.56. The third kappa shape index (κ3) is 2.42. The maximum Gasteiger partial charge on any atom is 0.357 e. The van der Waals surface area contributed by atoms with Crippen LogP contribution in [-0.4, -0.2) is 23.0 Å². The van der Waals surface area contributed by atoms with Crippen LogP contribution in [0.5, 0.6) is 0 Å². The van der Waals surface area contributed by atoms with Crippen molar-refractivity contribution in [2.45, 2.75) is 0 Å². The lowest BCUT2D eigenvalue weighted by Crippen LogP contribution is -2.06. The molecular weight excluding hydrogens is 291 g/mol. The monoisotopic (exact) mass is 294 g/mol. The maximum atomic E-state index is 11.1. The molecule has 0 radical (unpaired) electrons. The Morgan fingerprint density at radius 3 is 2.80 bits per heavy atom. The predicted molar refractivity (Wildman–Crippen MR) is 54.9 cm³/mol. The van der Waals surface area contributed by atoms with Gasteiger partial charge in [0, 0.05) is 6.07 Å². The van der Waals surface area contributed by atoms with Crippen molar-refractivity contribution in [2.75, 3.05) is 7.11 Å². The van der Waals surface area contributed by atoms with Gasteiger partial charge in [-0.2, -0.15) is 0 Å². The second-order valence-corrected chi connectivity index (χ2v) is 3.59. The molecule has 15 heavy (non-hydrogen) atoms. The summed E-state index contributed by atoms with van der Waals surface area (Å²) in [5.74, 6) is -0.723. The first-order valence-corrected chi connectivity index (χ1v) is 4.73. The molecular formula is C7H4BrClN2O4. The van der Waals surface area contributed by atoms with E-state index in [0.717, 1.165) is 6.07 Å². The molecule has 0 N–H and O–H groups in total. The van der Waals surface area contributed by atoms with Gasteiger partial charge in [0.1, 0.15) is 0 Å². The Labute approximate surface area is 97.5 Å². The summed E-state index contributed by atoms with van der Waals surface area (Å²) < 4.78 is 4.57. The van der Waals surface area contributed by atoms with Gasteiger partial charge in [0.15, 0.2) is 5.69 Å². The Bertz CT molecular complexity index is 437. The molecule has 0 bridgehead atoms. The molecule has 0 fully saturated rings. The minimum absolute atomic E-state index is 0.104. The van der Waals surface area contributed by atoms with Gasteiger partial charge < -0.3 is 4.74 Å². The van der Waals surface area contributed by atoms with E-state index in [4.69, 9.17) is 11.6 Å². The first-order chi connectivity index (χ1) is 6.97. The fraction of sp³-hybridized carbons (Fsp3) is 0.143. The minimum atomic E-state index is -0.723. The number of rotatable bonds is 2. The normalized spacial score (nSPS) is 9.80. The number of esters is 1. The number of hydrogen-bond acceptors (Lipinski definition) is 5. The summed E-state index contributed by atoms with van der Waals surface area (Å²) >= 11 is 8.48. The summed E-state index contributed by atoms with van der Waals surface area (Å²) in [6.07, 6.45) is 0. The van der Waals surface area contributed by atoms with Crippen LogP contribution in [0.3, 0.4) is 0 Å². The van der Waals surface area contributed by atoms with Gasteiger partial charge in [0.2, 0.25) is 5.15 Å². The first kappa shape index (κ1) is 11.9. The van der Waals surface area contributed by atoms with E-state index in [-0.39, 0.29) is 21.0 Å². The van der Waals surface area contributed by atoms with Gasteiger partial charge in [-0.1, -0.05) is 11.6 Å². The summed E-state index contributed by atoms with van der Waals surface area (Å²) in [5, 5.41) is 10.1. The molecule has 1 heterocycles. The van der Waals surface area contributed by atoms with Crippen molar-refractivity contribution in [3.8, 4) is 0 Å². The van der Waals surface area contributed by atoms with Gasteiger partial charge in [0.25, 0.3) is 0 Å². The number of methoxy groups -OCH3 is 1. The van der Waals surface area contributed by atoms with Crippen molar-refractivity contribution in [2.24, 2.45) is 0 Å². The Morgan fingerprint density at radius 1 is 1.73 bits per heavy atom. The highest BCUT2D eigenvalue weighted by Crippen LogP contribution is 2.28. The van der Waals surface area contributed by atoms with E-state index >= 15 is 0 Å². The fourth-order valence-electron chi connectivity index (χ4n) is 0.825. The zero-order valence-corrected chi connectivity index (χ0v) is 9.70. The molecule has 0 saturated heterocycles. The van der Waals surface area contributed by atoms with Gasteiger partial charge in [0.05, 0.1) is 16.5 Å². The standard InChI is InChI=1S/C7H4BrClN2O4/c1-15-7(12)5-3(8)2-4(11(13)14)6(9)10-5/h2H,1H3. The maximum absolute atomic E-state index is 11.1. The largest absolute Gasteiger partial charge is 0.464 e. The van der Waals surface area contributed by atoms with Crippen LogP contribution < -0.4 is 0 Å². The predicted octanol–water partition coefficient (Wildman–Crippen LogP) is 2.19. The lowest BCUT2D eigenvalue weighted by atomic mass is 10.3. The highest BCUT2D eigenvalue weighted by atomic mass is 79.9. The number of carbonyl (C=O) groups is 1. The molecule has 1 aromatic heterocycles. The van der Waals surface area contributed by atoms with Crippen molar-refractivity contribution in [1.29, 1.82) is 0 Å². The molecule has 0 aliphatic rings. The molecule has 0 saturated carbocycles. The zero-order valence-electron chi connectivity index (χ0n) is 7.36. The highest BCUT2D eigenvalue weighted by Gasteiger charge is 2.21. The van der Waals surface area contributed by atoms with E-state index in [1.807, 2.05) is 0 Å². The number of hydrogen-bond donors (Lipinski definition) is 0. The quantitative estimate of drug-likeness (QED) is 0.361. The van der Waals surface area contributed by atoms with E-state index < -0.39 is 10.9 Å². The van der Waals surface area contributed by atoms with E-state index in [9.17, 15) is 14.9 Å². The van der Waals surface area contributed by atoms with Crippen LogP contribution in [-0.2, 0) is 4.74 Å². The Kier molecular flexibility index (Phi) is 3.59. The number of ether oxygens (including phenoxy) is 1. The zero-order chi connectivity index (χ0) is 11.6. The summed E-state index contributed by atoms with van der Waals surface area (Å²) in [7, 11) is 1.17. The van der Waals surface area contributed by atoms with Crippen LogP contribution in [0.1, 0.15) is 10.5 Å². The molecule has 0 unspecified atom stereocenters.